The van der Waals surface area contributed by atoms with Crippen LogP contribution in [0.3, 0.4) is 0 Å². The second-order valence-electron chi connectivity index (χ2n) is 6.73. The van der Waals surface area contributed by atoms with Crippen LogP contribution < -0.4 is 0 Å². The van der Waals surface area contributed by atoms with Crippen LogP contribution in [0.1, 0.15) is 34.3 Å². The minimum atomic E-state index is -3.41. The van der Waals surface area contributed by atoms with Gasteiger partial charge in [0, 0.05) is 24.6 Å². The number of nitrogens with zero attached hydrogens (tertiary/aromatic N) is 1. The van der Waals surface area contributed by atoms with Crippen LogP contribution in [0.15, 0.2) is 48.5 Å². The van der Waals surface area contributed by atoms with Gasteiger partial charge in [0.05, 0.1) is 5.75 Å². The fraction of sp³-hybridized carbons (Fsp3) is 0.350. The Morgan fingerprint density at radius 1 is 1.08 bits per heavy atom. The summed E-state index contributed by atoms with van der Waals surface area (Å²) in [5.41, 5.74) is 2.24. The third-order valence-corrected chi connectivity index (χ3v) is 6.77. The molecular formula is C20H22FNO3S. The van der Waals surface area contributed by atoms with Crippen LogP contribution >= 0.6 is 0 Å². The number of piperidine rings is 1. The van der Waals surface area contributed by atoms with E-state index >= 15 is 0 Å². The van der Waals surface area contributed by atoms with E-state index in [1.807, 2.05) is 31.2 Å². The van der Waals surface area contributed by atoms with Crippen molar-refractivity contribution in [2.45, 2.75) is 25.5 Å². The van der Waals surface area contributed by atoms with Gasteiger partial charge in [-0.3, -0.25) is 4.79 Å². The zero-order valence-corrected chi connectivity index (χ0v) is 15.5. The first-order valence-corrected chi connectivity index (χ1v) is 10.3. The number of hydrogen-bond donors (Lipinski definition) is 0. The Bertz CT molecular complexity index is 886. The topological polar surface area (TPSA) is 54.5 Å². The molecule has 0 spiro atoms. The van der Waals surface area contributed by atoms with Gasteiger partial charge in [0.1, 0.15) is 5.82 Å². The lowest BCUT2D eigenvalue weighted by Crippen LogP contribution is -2.40. The van der Waals surface area contributed by atoms with Gasteiger partial charge >= 0.3 is 0 Å². The smallest absolute Gasteiger partial charge is 0.218 e. The highest BCUT2D eigenvalue weighted by molar-refractivity contribution is 7.88. The van der Waals surface area contributed by atoms with Gasteiger partial charge in [0.25, 0.3) is 0 Å². The molecular weight excluding hydrogens is 353 g/mol. The summed E-state index contributed by atoms with van der Waals surface area (Å²) in [4.78, 5) is 12.5. The molecule has 0 amide bonds. The molecule has 1 aliphatic heterocycles. The molecule has 0 aliphatic carbocycles. The van der Waals surface area contributed by atoms with E-state index in [0.29, 0.717) is 31.5 Å². The standard InChI is InChI=1S/C20H22FNO3S/c1-15-4-2-3-5-18(15)14-26(24,25)22-12-10-17(11-13-22)20(23)16-6-8-19(21)9-7-16/h2-9,17H,10-14H2,1H3. The minimum Gasteiger partial charge on any atom is -0.294 e. The summed E-state index contributed by atoms with van der Waals surface area (Å²) in [6.07, 6.45) is 0.979. The molecule has 2 aromatic rings. The van der Waals surface area contributed by atoms with Gasteiger partial charge in [0.2, 0.25) is 10.0 Å². The first kappa shape index (κ1) is 18.7. The second-order valence-corrected chi connectivity index (χ2v) is 8.70. The molecule has 6 heteroatoms. The Morgan fingerprint density at radius 3 is 2.31 bits per heavy atom. The van der Waals surface area contributed by atoms with Crippen LogP contribution in [-0.4, -0.2) is 31.6 Å². The summed E-state index contributed by atoms with van der Waals surface area (Å²) in [6.45, 7) is 2.58. The number of rotatable bonds is 5. The van der Waals surface area contributed by atoms with Crippen molar-refractivity contribution in [2.24, 2.45) is 5.92 Å². The lowest BCUT2D eigenvalue weighted by atomic mass is 9.90. The molecule has 3 rings (SSSR count). The highest BCUT2D eigenvalue weighted by Crippen LogP contribution is 2.25. The van der Waals surface area contributed by atoms with Gasteiger partial charge in [-0.25, -0.2) is 17.1 Å². The molecule has 0 N–H and O–H groups in total. The molecule has 1 fully saturated rings. The number of benzene rings is 2. The molecule has 0 saturated carbocycles. The molecule has 0 radical (unpaired) electrons. The van der Waals surface area contributed by atoms with Crippen molar-refractivity contribution in [1.29, 1.82) is 0 Å². The highest BCUT2D eigenvalue weighted by atomic mass is 32.2. The minimum absolute atomic E-state index is 0.0176. The SMILES string of the molecule is Cc1ccccc1CS(=O)(=O)N1CCC(C(=O)c2ccc(F)cc2)CC1. The predicted octanol–water partition coefficient (Wildman–Crippen LogP) is 3.56. The van der Waals surface area contributed by atoms with Crippen molar-refractivity contribution < 1.29 is 17.6 Å². The maximum Gasteiger partial charge on any atom is 0.218 e. The Balaban J connectivity index is 1.63. The van der Waals surface area contributed by atoms with Crippen LogP contribution in [-0.2, 0) is 15.8 Å². The summed E-state index contributed by atoms with van der Waals surface area (Å²) in [7, 11) is -3.41. The Kier molecular flexibility index (Phi) is 5.53. The van der Waals surface area contributed by atoms with E-state index in [0.717, 1.165) is 11.1 Å². The van der Waals surface area contributed by atoms with Crippen LogP contribution in [0.2, 0.25) is 0 Å². The van der Waals surface area contributed by atoms with Crippen LogP contribution in [0.25, 0.3) is 0 Å². The van der Waals surface area contributed by atoms with Crippen molar-refractivity contribution in [3.8, 4) is 0 Å². The number of hydrogen-bond acceptors (Lipinski definition) is 3. The molecule has 1 heterocycles. The van der Waals surface area contributed by atoms with E-state index in [2.05, 4.69) is 0 Å². The fourth-order valence-electron chi connectivity index (χ4n) is 3.31. The zero-order valence-electron chi connectivity index (χ0n) is 14.7. The molecule has 26 heavy (non-hydrogen) atoms. The maximum atomic E-state index is 13.0. The number of ketones is 1. The molecule has 2 aromatic carbocycles. The summed E-state index contributed by atoms with van der Waals surface area (Å²) >= 11 is 0. The van der Waals surface area contributed by atoms with E-state index < -0.39 is 10.0 Å². The number of Topliss-reactive ketones (excluding diaryl/α,β-unsaturated/α-hetero) is 1. The summed E-state index contributed by atoms with van der Waals surface area (Å²) in [5.74, 6) is -0.652. The van der Waals surface area contributed by atoms with Crippen molar-refractivity contribution in [3.63, 3.8) is 0 Å². The van der Waals surface area contributed by atoms with Gasteiger partial charge in [-0.1, -0.05) is 24.3 Å². The average Bonchev–Trinajstić information content (AvgIpc) is 2.64. The van der Waals surface area contributed by atoms with Crippen molar-refractivity contribution in [3.05, 3.63) is 71.0 Å². The largest absolute Gasteiger partial charge is 0.294 e. The molecule has 138 valence electrons. The van der Waals surface area contributed by atoms with Crippen LogP contribution in [0, 0.1) is 18.7 Å². The Morgan fingerprint density at radius 2 is 1.69 bits per heavy atom. The van der Waals surface area contributed by atoms with E-state index in [4.69, 9.17) is 0 Å². The van der Waals surface area contributed by atoms with E-state index in [-0.39, 0.29) is 23.3 Å². The number of sulfonamides is 1. The number of aryl methyl sites for hydroxylation is 1. The van der Waals surface area contributed by atoms with E-state index in [9.17, 15) is 17.6 Å². The summed E-state index contributed by atoms with van der Waals surface area (Å²) in [5, 5.41) is 0. The predicted molar refractivity (Wildman–Crippen MR) is 98.8 cm³/mol. The third-order valence-electron chi connectivity index (χ3n) is 4.95. The van der Waals surface area contributed by atoms with Crippen LogP contribution in [0.5, 0.6) is 0 Å². The van der Waals surface area contributed by atoms with E-state index in [1.54, 1.807) is 0 Å². The Labute approximate surface area is 153 Å². The fourth-order valence-corrected chi connectivity index (χ4v) is 4.97. The lowest BCUT2D eigenvalue weighted by Gasteiger charge is -2.30. The zero-order chi connectivity index (χ0) is 18.7. The number of carbonyl (C=O) groups is 1. The average molecular weight is 375 g/mol. The molecule has 0 unspecified atom stereocenters. The van der Waals surface area contributed by atoms with Crippen molar-refractivity contribution in [1.82, 2.24) is 4.31 Å². The first-order chi connectivity index (χ1) is 12.4. The van der Waals surface area contributed by atoms with Gasteiger partial charge in [-0.2, -0.15) is 0 Å². The van der Waals surface area contributed by atoms with Gasteiger partial charge in [0.15, 0.2) is 5.78 Å². The van der Waals surface area contributed by atoms with Gasteiger partial charge in [-0.15, -0.1) is 0 Å². The normalized spacial score (nSPS) is 16.5. The van der Waals surface area contributed by atoms with Crippen molar-refractivity contribution >= 4 is 15.8 Å². The van der Waals surface area contributed by atoms with Crippen molar-refractivity contribution in [2.75, 3.05) is 13.1 Å². The molecule has 1 aliphatic rings. The molecule has 4 nitrogen and oxygen atoms in total. The summed E-state index contributed by atoms with van der Waals surface area (Å²) < 4.78 is 39.9. The van der Waals surface area contributed by atoms with Crippen LogP contribution in [0.4, 0.5) is 4.39 Å². The third kappa shape index (κ3) is 4.19. The maximum absolute atomic E-state index is 13.0. The first-order valence-electron chi connectivity index (χ1n) is 8.69. The molecule has 0 bridgehead atoms. The van der Waals surface area contributed by atoms with Gasteiger partial charge < -0.3 is 0 Å². The Hall–Kier alpha value is -2.05. The molecule has 0 atom stereocenters. The van der Waals surface area contributed by atoms with E-state index in [1.165, 1.54) is 28.6 Å². The molecule has 1 saturated heterocycles. The highest BCUT2D eigenvalue weighted by Gasteiger charge is 2.31. The number of carbonyl (C=O) groups excluding carboxylic acids is 1. The summed E-state index contributed by atoms with van der Waals surface area (Å²) in [6, 6.07) is 13.0. The second kappa shape index (κ2) is 7.68. The number of halogens is 1. The molecule has 0 aromatic heterocycles. The monoisotopic (exact) mass is 375 g/mol. The van der Waals surface area contributed by atoms with Gasteiger partial charge in [-0.05, 0) is 55.2 Å². The quantitative estimate of drug-likeness (QED) is 0.751. The lowest BCUT2D eigenvalue weighted by molar-refractivity contribution is 0.0875.